The van der Waals surface area contributed by atoms with Crippen LogP contribution in [-0.4, -0.2) is 107 Å². The van der Waals surface area contributed by atoms with E-state index in [-0.39, 0.29) is 49.1 Å². The van der Waals surface area contributed by atoms with Crippen LogP contribution in [0.25, 0.3) is 0 Å². The van der Waals surface area contributed by atoms with Crippen LogP contribution in [0, 0.1) is 5.82 Å². The zero-order valence-electron chi connectivity index (χ0n) is 22.9. The third-order valence-electron chi connectivity index (χ3n) is 6.97. The maximum atomic E-state index is 15.3. The smallest absolute Gasteiger partial charge is 0.414 e. The highest BCUT2D eigenvalue weighted by molar-refractivity contribution is 7.17. The van der Waals surface area contributed by atoms with Crippen molar-refractivity contribution >= 4 is 64.5 Å². The van der Waals surface area contributed by atoms with Crippen LogP contribution in [0.4, 0.5) is 20.6 Å². The van der Waals surface area contributed by atoms with E-state index in [1.165, 1.54) is 41.7 Å². The van der Waals surface area contributed by atoms with Crippen molar-refractivity contribution in [3.05, 3.63) is 63.6 Å². The Morgan fingerprint density at radius 3 is 2.73 bits per heavy atom. The van der Waals surface area contributed by atoms with E-state index < -0.39 is 42.5 Å². The Balaban J connectivity index is 1.41. The Bertz CT molecular complexity index is 1550. The highest BCUT2D eigenvalue weighted by Gasteiger charge is 2.40. The quantitative estimate of drug-likeness (QED) is 0.220. The maximum Gasteiger partial charge on any atom is 0.414 e. The number of carboxylic acid groups (broad SMARTS) is 1. The molecule has 0 aliphatic carbocycles. The molecule has 2 saturated heterocycles. The van der Waals surface area contributed by atoms with Crippen molar-refractivity contribution in [2.24, 2.45) is 0 Å². The normalized spacial score (nSPS) is 17.6. The van der Waals surface area contributed by atoms with Gasteiger partial charge in [-0.2, -0.15) is 5.01 Å². The second-order valence-corrected chi connectivity index (χ2v) is 11.5. The van der Waals surface area contributed by atoms with E-state index in [4.69, 9.17) is 21.1 Å². The van der Waals surface area contributed by atoms with Gasteiger partial charge in [-0.3, -0.25) is 24.3 Å². The maximum absolute atomic E-state index is 15.3. The van der Waals surface area contributed by atoms with Gasteiger partial charge in [0.1, 0.15) is 30.9 Å². The number of imidazole rings is 1. The van der Waals surface area contributed by atoms with E-state index in [2.05, 4.69) is 9.97 Å². The van der Waals surface area contributed by atoms with Gasteiger partial charge in [0, 0.05) is 30.5 Å². The van der Waals surface area contributed by atoms with Crippen LogP contribution in [0.1, 0.15) is 15.4 Å². The standard InChI is InChI=1S/C27H26ClFN6O8S/c28-23-4-3-22(44-23)25(38)35(34(5-7-36)21(26(39)40)9-16-11-30-15-31-16)13-18-12-33(27(41)43-18)20-2-1-17(10-19(20)29)32-6-8-42-14-24(32)37/h1-4,7,10-11,15,18,21H,5-6,8-9,12-14H2,(H,30,31)(H,39,40)/t18-,21-/m0/s1. The zero-order chi connectivity index (χ0) is 31.4. The number of hydrogen-bond acceptors (Lipinski definition) is 10. The molecule has 3 amide bonds. The summed E-state index contributed by atoms with van der Waals surface area (Å²) in [6, 6.07) is 5.52. The third kappa shape index (κ3) is 6.72. The number of H-pyrrole nitrogens is 1. The van der Waals surface area contributed by atoms with E-state index in [1.54, 1.807) is 0 Å². The summed E-state index contributed by atoms with van der Waals surface area (Å²) in [6.07, 6.45) is 1.16. The molecule has 3 aromatic rings. The van der Waals surface area contributed by atoms with Gasteiger partial charge in [0.2, 0.25) is 0 Å². The summed E-state index contributed by atoms with van der Waals surface area (Å²) in [5.41, 5.74) is 0.629. The lowest BCUT2D eigenvalue weighted by Gasteiger charge is -2.38. The fraction of sp³-hybridized carbons (Fsp3) is 0.333. The second kappa shape index (κ2) is 13.5. The molecule has 2 aliphatic heterocycles. The number of aldehydes is 1. The second-order valence-electron chi connectivity index (χ2n) is 9.76. The zero-order valence-corrected chi connectivity index (χ0v) is 24.5. The summed E-state index contributed by atoms with van der Waals surface area (Å²) >= 11 is 7.00. The van der Waals surface area contributed by atoms with Gasteiger partial charge in [-0.15, -0.1) is 11.3 Å². The molecule has 2 fully saturated rings. The molecule has 2 aromatic heterocycles. The monoisotopic (exact) mass is 648 g/mol. The molecular weight excluding hydrogens is 623 g/mol. The molecule has 2 N–H and O–H groups in total. The summed E-state index contributed by atoms with van der Waals surface area (Å²) in [6.45, 7) is -0.626. The Labute approximate surface area is 258 Å². The van der Waals surface area contributed by atoms with Crippen molar-refractivity contribution in [1.82, 2.24) is 20.0 Å². The highest BCUT2D eigenvalue weighted by Crippen LogP contribution is 2.30. The average molecular weight is 649 g/mol. The molecule has 5 rings (SSSR count). The number of hydrazine groups is 1. The predicted octanol–water partition coefficient (Wildman–Crippen LogP) is 2.21. The average Bonchev–Trinajstić information content (AvgIpc) is 3.75. The summed E-state index contributed by atoms with van der Waals surface area (Å²) in [7, 11) is 0. The minimum absolute atomic E-state index is 0.114. The first-order valence-electron chi connectivity index (χ1n) is 13.3. The number of rotatable bonds is 12. The summed E-state index contributed by atoms with van der Waals surface area (Å²) in [4.78, 5) is 72.3. The molecule has 44 heavy (non-hydrogen) atoms. The first-order valence-corrected chi connectivity index (χ1v) is 14.5. The van der Waals surface area contributed by atoms with E-state index in [9.17, 15) is 29.1 Å². The number of thiophene rings is 1. The van der Waals surface area contributed by atoms with Gasteiger partial charge in [0.05, 0.1) is 47.5 Å². The van der Waals surface area contributed by atoms with Crippen LogP contribution >= 0.6 is 22.9 Å². The number of hydrogen-bond donors (Lipinski definition) is 2. The number of anilines is 2. The van der Waals surface area contributed by atoms with Gasteiger partial charge >= 0.3 is 12.1 Å². The minimum Gasteiger partial charge on any atom is -0.480 e. The number of carbonyl (C=O) groups excluding carboxylic acids is 4. The van der Waals surface area contributed by atoms with Crippen molar-refractivity contribution in [3.8, 4) is 0 Å². The van der Waals surface area contributed by atoms with Gasteiger partial charge < -0.3 is 29.3 Å². The number of nitrogens with one attached hydrogen (secondary N) is 1. The topological polar surface area (TPSA) is 166 Å². The van der Waals surface area contributed by atoms with E-state index in [1.807, 2.05) is 0 Å². The number of morpholine rings is 1. The molecule has 0 saturated carbocycles. The van der Waals surface area contributed by atoms with Crippen molar-refractivity contribution in [3.63, 3.8) is 0 Å². The fourth-order valence-electron chi connectivity index (χ4n) is 4.94. The van der Waals surface area contributed by atoms with Crippen LogP contribution < -0.4 is 9.80 Å². The predicted molar refractivity (Wildman–Crippen MR) is 154 cm³/mol. The lowest BCUT2D eigenvalue weighted by atomic mass is 10.1. The van der Waals surface area contributed by atoms with Crippen LogP contribution in [0.15, 0.2) is 42.9 Å². The molecule has 14 nitrogen and oxygen atoms in total. The van der Waals surface area contributed by atoms with Crippen LogP contribution in [0.5, 0.6) is 0 Å². The number of aliphatic carboxylic acids is 1. The molecule has 0 unspecified atom stereocenters. The first kappa shape index (κ1) is 31.1. The molecule has 0 spiro atoms. The number of benzene rings is 1. The van der Waals surface area contributed by atoms with E-state index in [0.29, 0.717) is 28.6 Å². The molecule has 0 bridgehead atoms. The summed E-state index contributed by atoms with van der Waals surface area (Å²) < 4.78 is 26.2. The number of carbonyl (C=O) groups is 5. The lowest BCUT2D eigenvalue weighted by Crippen LogP contribution is -2.57. The molecule has 0 radical (unpaired) electrons. The SMILES string of the molecule is O=CCN([C@@H](Cc1cnc[nH]1)C(=O)O)N(C[C@@H]1CN(c2ccc(N3CCOCC3=O)cc2F)C(=O)O1)C(=O)c1ccc(Cl)s1. The third-order valence-corrected chi connectivity index (χ3v) is 8.19. The summed E-state index contributed by atoms with van der Waals surface area (Å²) in [5, 5.41) is 12.2. The Kier molecular flexibility index (Phi) is 9.53. The van der Waals surface area contributed by atoms with Crippen LogP contribution in [-0.2, 0) is 30.3 Å². The van der Waals surface area contributed by atoms with Gasteiger partial charge in [-0.1, -0.05) is 11.6 Å². The fourth-order valence-corrected chi connectivity index (χ4v) is 5.92. The number of halogens is 2. The number of nitrogens with zero attached hydrogens (tertiary/aromatic N) is 5. The van der Waals surface area contributed by atoms with E-state index >= 15 is 4.39 Å². The number of aromatic nitrogens is 2. The highest BCUT2D eigenvalue weighted by atomic mass is 35.5. The van der Waals surface area contributed by atoms with Gasteiger partial charge in [-0.25, -0.2) is 14.2 Å². The number of amides is 3. The summed E-state index contributed by atoms with van der Waals surface area (Å²) in [5.74, 6) is -3.12. The number of cyclic esters (lactones) is 1. The first-order chi connectivity index (χ1) is 21.2. The van der Waals surface area contributed by atoms with Crippen LogP contribution in [0.2, 0.25) is 4.34 Å². The van der Waals surface area contributed by atoms with Crippen molar-refractivity contribution in [2.45, 2.75) is 18.6 Å². The lowest BCUT2D eigenvalue weighted by molar-refractivity contribution is -0.151. The van der Waals surface area contributed by atoms with Gasteiger partial charge in [0.15, 0.2) is 0 Å². The van der Waals surface area contributed by atoms with Gasteiger partial charge in [-0.05, 0) is 30.3 Å². The molecule has 2 atom stereocenters. The Morgan fingerprint density at radius 2 is 2.09 bits per heavy atom. The Morgan fingerprint density at radius 1 is 1.27 bits per heavy atom. The van der Waals surface area contributed by atoms with Crippen molar-refractivity contribution in [1.29, 1.82) is 0 Å². The molecular formula is C27H26ClFN6O8S. The number of carboxylic acids is 1. The number of ether oxygens (including phenoxy) is 2. The molecule has 232 valence electrons. The Hall–Kier alpha value is -4.38. The van der Waals surface area contributed by atoms with E-state index in [0.717, 1.165) is 32.3 Å². The molecule has 17 heteroatoms. The van der Waals surface area contributed by atoms with Crippen LogP contribution in [0.3, 0.4) is 0 Å². The van der Waals surface area contributed by atoms with Gasteiger partial charge in [0.25, 0.3) is 11.8 Å². The molecule has 2 aliphatic rings. The largest absolute Gasteiger partial charge is 0.480 e. The molecule has 4 heterocycles. The number of aromatic amines is 1. The molecule has 1 aromatic carbocycles. The van der Waals surface area contributed by atoms with Crippen molar-refractivity contribution < 1.29 is 42.9 Å². The minimum atomic E-state index is -1.40. The van der Waals surface area contributed by atoms with Crippen molar-refractivity contribution in [2.75, 3.05) is 49.2 Å².